The summed E-state index contributed by atoms with van der Waals surface area (Å²) < 4.78 is 19.5. The van der Waals surface area contributed by atoms with Crippen molar-refractivity contribution in [2.24, 2.45) is 0 Å². The van der Waals surface area contributed by atoms with Crippen LogP contribution in [0.4, 0.5) is 10.1 Å². The summed E-state index contributed by atoms with van der Waals surface area (Å²) in [6.45, 7) is 6.12. The number of hydrogen-bond acceptors (Lipinski definition) is 3. The van der Waals surface area contributed by atoms with Gasteiger partial charge < -0.3 is 15.0 Å². The van der Waals surface area contributed by atoms with E-state index >= 15 is 0 Å². The number of nitrogens with one attached hydrogen (secondary N) is 1. The van der Waals surface area contributed by atoms with E-state index in [-0.39, 0.29) is 23.6 Å². The highest BCUT2D eigenvalue weighted by molar-refractivity contribution is 5.97. The lowest BCUT2D eigenvalue weighted by atomic mass is 10.1. The molecular weight excluding hydrogens is 299 g/mol. The van der Waals surface area contributed by atoms with Crippen molar-refractivity contribution in [3.63, 3.8) is 0 Å². The van der Waals surface area contributed by atoms with E-state index < -0.39 is 11.9 Å². The Morgan fingerprint density at radius 2 is 2.17 bits per heavy atom. The summed E-state index contributed by atoms with van der Waals surface area (Å²) in [5, 5.41) is 2.58. The summed E-state index contributed by atoms with van der Waals surface area (Å²) in [5.41, 5.74) is 0.0937. The summed E-state index contributed by atoms with van der Waals surface area (Å²) in [6.07, 6.45) is 1.67. The molecule has 1 N–H and O–H groups in total. The Morgan fingerprint density at radius 3 is 2.70 bits per heavy atom. The van der Waals surface area contributed by atoms with Crippen LogP contribution in [0.1, 0.15) is 40.0 Å². The number of hydrogen-bond donors (Lipinski definition) is 1. The van der Waals surface area contributed by atoms with Gasteiger partial charge in [0.25, 0.3) is 0 Å². The topological polar surface area (TPSA) is 58.6 Å². The lowest BCUT2D eigenvalue weighted by Crippen LogP contribution is -2.44. The highest BCUT2D eigenvalue weighted by Gasteiger charge is 2.31. The smallest absolute Gasteiger partial charge is 0.247 e. The monoisotopic (exact) mass is 322 g/mol. The van der Waals surface area contributed by atoms with Gasteiger partial charge in [0.05, 0.1) is 11.8 Å². The zero-order valence-electron chi connectivity index (χ0n) is 13.8. The van der Waals surface area contributed by atoms with Crippen LogP contribution in [0.3, 0.4) is 0 Å². The minimum absolute atomic E-state index is 0.0202. The number of ether oxygens (including phenoxy) is 1. The van der Waals surface area contributed by atoms with E-state index in [0.29, 0.717) is 25.1 Å². The summed E-state index contributed by atoms with van der Waals surface area (Å²) in [4.78, 5) is 25.8. The maximum atomic E-state index is 14.1. The van der Waals surface area contributed by atoms with Crippen LogP contribution >= 0.6 is 0 Å². The van der Waals surface area contributed by atoms with Crippen molar-refractivity contribution in [3.8, 4) is 5.75 Å². The zero-order valence-corrected chi connectivity index (χ0v) is 13.8. The first-order chi connectivity index (χ1) is 10.9. The lowest BCUT2D eigenvalue weighted by molar-refractivity contribution is -0.135. The van der Waals surface area contributed by atoms with Gasteiger partial charge in [0.1, 0.15) is 17.6 Å². The molecule has 126 valence electrons. The van der Waals surface area contributed by atoms with Crippen LogP contribution in [0.15, 0.2) is 18.2 Å². The molecule has 1 aromatic carbocycles. The van der Waals surface area contributed by atoms with Gasteiger partial charge in [-0.25, -0.2) is 4.39 Å². The maximum absolute atomic E-state index is 14.1. The normalized spacial score (nSPS) is 15.9. The standard InChI is InChI=1S/C17H23FN2O3/c1-4-15(20-9-5-6-16(20)21)17(22)19-14-8-7-12(10-13(14)18)23-11(2)3/h7-8,10-11,15H,4-6,9H2,1-3H3,(H,19,22)/t15-/m0/s1. The quantitative estimate of drug-likeness (QED) is 0.876. The van der Waals surface area contributed by atoms with Gasteiger partial charge >= 0.3 is 0 Å². The highest BCUT2D eigenvalue weighted by atomic mass is 19.1. The molecule has 0 saturated carbocycles. The Kier molecular flexibility index (Phi) is 5.58. The van der Waals surface area contributed by atoms with Crippen molar-refractivity contribution >= 4 is 17.5 Å². The van der Waals surface area contributed by atoms with Gasteiger partial charge in [-0.2, -0.15) is 0 Å². The first kappa shape index (κ1) is 17.2. The average Bonchev–Trinajstić information content (AvgIpc) is 2.88. The fourth-order valence-corrected chi connectivity index (χ4v) is 2.70. The molecule has 1 fully saturated rings. The molecule has 0 aromatic heterocycles. The predicted molar refractivity (Wildman–Crippen MR) is 85.8 cm³/mol. The first-order valence-corrected chi connectivity index (χ1v) is 7.99. The van der Waals surface area contributed by atoms with Crippen LogP contribution in [0.25, 0.3) is 0 Å². The van der Waals surface area contributed by atoms with Crippen LogP contribution in [-0.2, 0) is 9.59 Å². The van der Waals surface area contributed by atoms with E-state index in [0.717, 1.165) is 6.42 Å². The largest absolute Gasteiger partial charge is 0.491 e. The molecule has 23 heavy (non-hydrogen) atoms. The van der Waals surface area contributed by atoms with Crippen molar-refractivity contribution < 1.29 is 18.7 Å². The molecule has 1 heterocycles. The molecule has 2 amide bonds. The molecule has 1 aliphatic rings. The molecule has 1 aliphatic heterocycles. The minimum Gasteiger partial charge on any atom is -0.491 e. The Hall–Kier alpha value is -2.11. The summed E-state index contributed by atoms with van der Waals surface area (Å²) in [7, 11) is 0. The summed E-state index contributed by atoms with van der Waals surface area (Å²) in [5.74, 6) is -0.524. The maximum Gasteiger partial charge on any atom is 0.247 e. The van der Waals surface area contributed by atoms with E-state index in [1.165, 1.54) is 12.1 Å². The third kappa shape index (κ3) is 4.21. The van der Waals surface area contributed by atoms with Gasteiger partial charge in [0.15, 0.2) is 0 Å². The minimum atomic E-state index is -0.559. The number of nitrogens with zero attached hydrogens (tertiary/aromatic N) is 1. The third-order valence-corrected chi connectivity index (χ3v) is 3.75. The lowest BCUT2D eigenvalue weighted by Gasteiger charge is -2.25. The molecule has 0 spiro atoms. The van der Waals surface area contributed by atoms with Gasteiger partial charge in [-0.05, 0) is 38.8 Å². The Morgan fingerprint density at radius 1 is 1.43 bits per heavy atom. The van der Waals surface area contributed by atoms with E-state index in [2.05, 4.69) is 5.32 Å². The molecular formula is C17H23FN2O3. The molecule has 0 aliphatic carbocycles. The molecule has 2 rings (SSSR count). The summed E-state index contributed by atoms with van der Waals surface area (Å²) >= 11 is 0. The Balaban J connectivity index is 2.08. The van der Waals surface area contributed by atoms with Crippen molar-refractivity contribution in [3.05, 3.63) is 24.0 Å². The number of benzene rings is 1. The second-order valence-corrected chi connectivity index (χ2v) is 5.91. The highest BCUT2D eigenvalue weighted by Crippen LogP contribution is 2.23. The van der Waals surface area contributed by atoms with Crippen LogP contribution in [0.5, 0.6) is 5.75 Å². The van der Waals surface area contributed by atoms with Crippen LogP contribution in [-0.4, -0.2) is 35.4 Å². The number of anilines is 1. The number of amides is 2. The average molecular weight is 322 g/mol. The van der Waals surface area contributed by atoms with Gasteiger partial charge in [-0.3, -0.25) is 9.59 Å². The van der Waals surface area contributed by atoms with E-state index in [1.807, 2.05) is 20.8 Å². The molecule has 1 atom stereocenters. The molecule has 6 heteroatoms. The zero-order chi connectivity index (χ0) is 17.0. The van der Waals surface area contributed by atoms with E-state index in [1.54, 1.807) is 11.0 Å². The Bertz CT molecular complexity index is 589. The van der Waals surface area contributed by atoms with Gasteiger partial charge in [-0.1, -0.05) is 6.92 Å². The van der Waals surface area contributed by atoms with E-state index in [9.17, 15) is 14.0 Å². The van der Waals surface area contributed by atoms with Crippen molar-refractivity contribution in [1.29, 1.82) is 0 Å². The Labute approximate surface area is 135 Å². The van der Waals surface area contributed by atoms with Gasteiger partial charge in [-0.15, -0.1) is 0 Å². The van der Waals surface area contributed by atoms with Gasteiger partial charge in [0.2, 0.25) is 11.8 Å². The second-order valence-electron chi connectivity index (χ2n) is 5.91. The summed E-state index contributed by atoms with van der Waals surface area (Å²) in [6, 6.07) is 3.78. The van der Waals surface area contributed by atoms with Crippen LogP contribution in [0.2, 0.25) is 0 Å². The molecule has 5 nitrogen and oxygen atoms in total. The van der Waals surface area contributed by atoms with Crippen LogP contribution < -0.4 is 10.1 Å². The first-order valence-electron chi connectivity index (χ1n) is 7.99. The van der Waals surface area contributed by atoms with Crippen LogP contribution in [0, 0.1) is 5.82 Å². The number of carbonyl (C=O) groups excluding carboxylic acids is 2. The van der Waals surface area contributed by atoms with Crippen molar-refractivity contribution in [2.75, 3.05) is 11.9 Å². The number of carbonyl (C=O) groups is 2. The molecule has 0 radical (unpaired) electrons. The molecule has 0 bridgehead atoms. The fraction of sp³-hybridized carbons (Fsp3) is 0.529. The predicted octanol–water partition coefficient (Wildman–Crippen LogP) is 2.95. The number of rotatable bonds is 6. The van der Waals surface area contributed by atoms with Gasteiger partial charge in [0, 0.05) is 19.0 Å². The second kappa shape index (κ2) is 7.44. The third-order valence-electron chi connectivity index (χ3n) is 3.75. The molecule has 1 aromatic rings. The fourth-order valence-electron chi connectivity index (χ4n) is 2.70. The van der Waals surface area contributed by atoms with Crippen molar-refractivity contribution in [2.45, 2.75) is 52.2 Å². The number of likely N-dealkylation sites (tertiary alicyclic amines) is 1. The van der Waals surface area contributed by atoms with Crippen molar-refractivity contribution in [1.82, 2.24) is 4.90 Å². The SMILES string of the molecule is CC[C@@H](C(=O)Nc1ccc(OC(C)C)cc1F)N1CCCC1=O. The molecule has 1 saturated heterocycles. The molecule has 0 unspecified atom stereocenters. The van der Waals surface area contributed by atoms with E-state index in [4.69, 9.17) is 4.74 Å². The number of halogens is 1.